The Morgan fingerprint density at radius 3 is 3.00 bits per heavy atom. The molecule has 0 atom stereocenters. The molecule has 2 nitrogen and oxygen atoms in total. The van der Waals surface area contributed by atoms with Crippen molar-refractivity contribution in [2.45, 2.75) is 25.6 Å². The van der Waals surface area contributed by atoms with Crippen molar-refractivity contribution in [1.29, 1.82) is 0 Å². The molecule has 0 radical (unpaired) electrons. The lowest BCUT2D eigenvalue weighted by Crippen LogP contribution is -1.95. The van der Waals surface area contributed by atoms with Crippen LogP contribution in [-0.4, -0.2) is 9.78 Å². The zero-order valence-electron chi connectivity index (χ0n) is 6.12. The van der Waals surface area contributed by atoms with E-state index in [1.54, 1.807) is 0 Å². The van der Waals surface area contributed by atoms with Crippen molar-refractivity contribution >= 4 is 12.6 Å². The summed E-state index contributed by atoms with van der Waals surface area (Å²) in [6.07, 6.45) is 5.03. The maximum atomic E-state index is 4.14. The summed E-state index contributed by atoms with van der Waals surface area (Å²) in [4.78, 5) is 0. The van der Waals surface area contributed by atoms with E-state index in [1.165, 1.54) is 5.56 Å². The second-order valence-corrected chi connectivity index (χ2v) is 2.59. The molecular weight excluding hydrogens is 144 g/mol. The molecule has 0 saturated heterocycles. The van der Waals surface area contributed by atoms with Crippen molar-refractivity contribution in [3.05, 3.63) is 18.0 Å². The fourth-order valence-corrected chi connectivity index (χ4v) is 1.00. The molecule has 0 spiro atoms. The van der Waals surface area contributed by atoms with Gasteiger partial charge < -0.3 is 0 Å². The molecule has 0 amide bonds. The van der Waals surface area contributed by atoms with Crippen molar-refractivity contribution in [2.75, 3.05) is 0 Å². The van der Waals surface area contributed by atoms with Gasteiger partial charge in [0.05, 0.1) is 6.20 Å². The first-order chi connectivity index (χ1) is 4.86. The van der Waals surface area contributed by atoms with Crippen molar-refractivity contribution in [3.63, 3.8) is 0 Å². The van der Waals surface area contributed by atoms with Crippen LogP contribution in [0.15, 0.2) is 12.4 Å². The van der Waals surface area contributed by atoms with Gasteiger partial charge in [-0.25, -0.2) is 0 Å². The van der Waals surface area contributed by atoms with Crippen LogP contribution in [-0.2, 0) is 12.3 Å². The zero-order chi connectivity index (χ0) is 7.40. The number of hydrogen-bond donors (Lipinski definition) is 1. The van der Waals surface area contributed by atoms with Crippen LogP contribution < -0.4 is 0 Å². The number of aryl methyl sites for hydroxylation is 1. The Kier molecular flexibility index (Phi) is 2.81. The maximum Gasteiger partial charge on any atom is 0.0530 e. The third-order valence-electron chi connectivity index (χ3n) is 1.32. The second kappa shape index (κ2) is 3.66. The Morgan fingerprint density at radius 1 is 1.70 bits per heavy atom. The molecule has 0 aliphatic rings. The first-order valence-corrected chi connectivity index (χ1v) is 4.12. The highest BCUT2D eigenvalue weighted by molar-refractivity contribution is 7.79. The summed E-state index contributed by atoms with van der Waals surface area (Å²) in [7, 11) is 0. The Bertz CT molecular complexity index is 195. The number of aromatic nitrogens is 2. The minimum atomic E-state index is 0.781. The molecule has 56 valence electrons. The van der Waals surface area contributed by atoms with Gasteiger partial charge in [0.15, 0.2) is 0 Å². The largest absolute Gasteiger partial charge is 0.272 e. The molecule has 0 N–H and O–H groups in total. The number of thiol groups is 1. The van der Waals surface area contributed by atoms with Crippen LogP contribution in [0.4, 0.5) is 0 Å². The summed E-state index contributed by atoms with van der Waals surface area (Å²) in [5, 5.41) is 4.14. The summed E-state index contributed by atoms with van der Waals surface area (Å²) >= 11 is 4.14. The van der Waals surface area contributed by atoms with Crippen LogP contribution >= 0.6 is 12.6 Å². The Labute approximate surface area is 66.7 Å². The van der Waals surface area contributed by atoms with E-state index in [4.69, 9.17) is 0 Å². The summed E-state index contributed by atoms with van der Waals surface area (Å²) in [5.74, 6) is 0.781. The first kappa shape index (κ1) is 7.66. The Balaban J connectivity index is 2.59. The van der Waals surface area contributed by atoms with E-state index in [2.05, 4.69) is 24.7 Å². The summed E-state index contributed by atoms with van der Waals surface area (Å²) in [6.45, 7) is 3.15. The molecule has 0 fully saturated rings. The molecule has 0 saturated carbocycles. The lowest BCUT2D eigenvalue weighted by molar-refractivity contribution is 0.602. The van der Waals surface area contributed by atoms with Crippen LogP contribution in [0.5, 0.6) is 0 Å². The molecule has 1 aromatic heterocycles. The van der Waals surface area contributed by atoms with Crippen LogP contribution in [0.3, 0.4) is 0 Å². The van der Waals surface area contributed by atoms with Crippen LogP contribution in [0.1, 0.15) is 18.9 Å². The highest BCUT2D eigenvalue weighted by atomic mass is 32.1. The van der Waals surface area contributed by atoms with Gasteiger partial charge >= 0.3 is 0 Å². The summed E-state index contributed by atoms with van der Waals surface area (Å²) in [6, 6.07) is 0. The Morgan fingerprint density at radius 2 is 2.50 bits per heavy atom. The predicted molar refractivity (Wildman–Crippen MR) is 45.2 cm³/mol. The second-order valence-electron chi connectivity index (χ2n) is 2.27. The number of hydrogen-bond acceptors (Lipinski definition) is 2. The van der Waals surface area contributed by atoms with Gasteiger partial charge in [-0.3, -0.25) is 4.68 Å². The van der Waals surface area contributed by atoms with Gasteiger partial charge in [0, 0.05) is 18.5 Å². The fraction of sp³-hybridized carbons (Fsp3) is 0.571. The molecule has 0 unspecified atom stereocenters. The molecule has 0 bridgehead atoms. The van der Waals surface area contributed by atoms with E-state index in [1.807, 2.05) is 17.1 Å². The van der Waals surface area contributed by atoms with Gasteiger partial charge in [0.2, 0.25) is 0 Å². The molecule has 10 heavy (non-hydrogen) atoms. The predicted octanol–water partition coefficient (Wildman–Crippen LogP) is 1.72. The van der Waals surface area contributed by atoms with Gasteiger partial charge in [0.25, 0.3) is 0 Å². The zero-order valence-corrected chi connectivity index (χ0v) is 7.01. The third kappa shape index (κ3) is 1.77. The van der Waals surface area contributed by atoms with Crippen molar-refractivity contribution in [2.24, 2.45) is 0 Å². The van der Waals surface area contributed by atoms with Crippen LogP contribution in [0.2, 0.25) is 0 Å². The summed E-state index contributed by atoms with van der Waals surface area (Å²) in [5.41, 5.74) is 1.19. The van der Waals surface area contributed by atoms with E-state index in [-0.39, 0.29) is 0 Å². The molecule has 3 heteroatoms. The van der Waals surface area contributed by atoms with E-state index in [9.17, 15) is 0 Å². The monoisotopic (exact) mass is 156 g/mol. The Hall–Kier alpha value is -0.440. The van der Waals surface area contributed by atoms with Crippen molar-refractivity contribution in [1.82, 2.24) is 9.78 Å². The van der Waals surface area contributed by atoms with Crippen LogP contribution in [0.25, 0.3) is 0 Å². The molecule has 1 heterocycles. The fourth-order valence-electron chi connectivity index (χ4n) is 0.839. The van der Waals surface area contributed by atoms with E-state index in [0.717, 1.165) is 18.7 Å². The van der Waals surface area contributed by atoms with E-state index >= 15 is 0 Å². The van der Waals surface area contributed by atoms with Crippen molar-refractivity contribution < 1.29 is 0 Å². The summed E-state index contributed by atoms with van der Waals surface area (Å²) < 4.78 is 1.95. The molecule has 0 aromatic carbocycles. The minimum Gasteiger partial charge on any atom is -0.272 e. The molecule has 1 rings (SSSR count). The van der Waals surface area contributed by atoms with E-state index in [0.29, 0.717) is 0 Å². The normalized spacial score (nSPS) is 10.2. The topological polar surface area (TPSA) is 17.8 Å². The molecule has 0 aliphatic heterocycles. The van der Waals surface area contributed by atoms with Crippen LogP contribution in [0, 0.1) is 0 Å². The van der Waals surface area contributed by atoms with E-state index < -0.39 is 0 Å². The quantitative estimate of drug-likeness (QED) is 0.660. The first-order valence-electron chi connectivity index (χ1n) is 3.49. The molecular formula is C7H12N2S. The highest BCUT2D eigenvalue weighted by Crippen LogP contribution is 2.01. The molecule has 0 aliphatic carbocycles. The average Bonchev–Trinajstić information content (AvgIpc) is 2.37. The SMILES string of the molecule is CCCn1cc(CS)cn1. The average molecular weight is 156 g/mol. The lowest BCUT2D eigenvalue weighted by Gasteiger charge is -1.93. The highest BCUT2D eigenvalue weighted by Gasteiger charge is 1.93. The van der Waals surface area contributed by atoms with Crippen molar-refractivity contribution in [3.8, 4) is 0 Å². The smallest absolute Gasteiger partial charge is 0.0530 e. The lowest BCUT2D eigenvalue weighted by atomic mass is 10.4. The maximum absolute atomic E-state index is 4.14. The molecule has 1 aromatic rings. The van der Waals surface area contributed by atoms with Gasteiger partial charge in [0.1, 0.15) is 0 Å². The number of nitrogens with zero attached hydrogens (tertiary/aromatic N) is 2. The standard InChI is InChI=1S/C7H12N2S/c1-2-3-9-5-7(6-10)4-8-9/h4-5,10H,2-3,6H2,1H3. The third-order valence-corrected chi connectivity index (χ3v) is 1.69. The van der Waals surface area contributed by atoms with Gasteiger partial charge in [-0.1, -0.05) is 6.92 Å². The number of rotatable bonds is 3. The van der Waals surface area contributed by atoms with Gasteiger partial charge in [-0.05, 0) is 12.0 Å². The minimum absolute atomic E-state index is 0.781. The van der Waals surface area contributed by atoms with Gasteiger partial charge in [-0.2, -0.15) is 17.7 Å². The van der Waals surface area contributed by atoms with Gasteiger partial charge in [-0.15, -0.1) is 0 Å².